The minimum atomic E-state index is 0.151. The summed E-state index contributed by atoms with van der Waals surface area (Å²) < 4.78 is 5.38. The van der Waals surface area contributed by atoms with E-state index in [9.17, 15) is 0 Å². The zero-order valence-corrected chi connectivity index (χ0v) is 7.79. The molecule has 1 aromatic heterocycles. The van der Waals surface area contributed by atoms with Crippen molar-refractivity contribution in [1.29, 1.82) is 0 Å². The minimum Gasteiger partial charge on any atom is -0.477 e. The van der Waals surface area contributed by atoms with E-state index in [4.69, 9.17) is 22.1 Å². The van der Waals surface area contributed by atoms with E-state index in [1.54, 1.807) is 6.07 Å². The highest BCUT2D eigenvalue weighted by Gasteiger charge is 2.22. The highest BCUT2D eigenvalue weighted by molar-refractivity contribution is 6.29. The number of nitrogens with two attached hydrogens (primary N) is 1. The van der Waals surface area contributed by atoms with Crippen LogP contribution in [0.5, 0.6) is 5.88 Å². The first-order valence-corrected chi connectivity index (χ1v) is 4.54. The predicted octanol–water partition coefficient (Wildman–Crippen LogP) is 1.50. The van der Waals surface area contributed by atoms with Gasteiger partial charge in [0.25, 0.3) is 0 Å². The number of nitrogen functional groups attached to an aromatic ring is 1. The van der Waals surface area contributed by atoms with Crippen molar-refractivity contribution in [3.8, 4) is 5.88 Å². The van der Waals surface area contributed by atoms with Crippen LogP contribution in [0.3, 0.4) is 0 Å². The summed E-state index contributed by atoms with van der Waals surface area (Å²) >= 11 is 5.67. The molecular weight excluding hydrogens is 190 g/mol. The van der Waals surface area contributed by atoms with Crippen molar-refractivity contribution in [2.45, 2.75) is 12.8 Å². The lowest BCUT2D eigenvalue weighted by molar-refractivity contribution is 0.288. The molecule has 1 saturated carbocycles. The van der Waals surface area contributed by atoms with Crippen molar-refractivity contribution in [2.24, 2.45) is 5.92 Å². The number of halogens is 1. The van der Waals surface area contributed by atoms with Gasteiger partial charge in [-0.05, 0) is 18.8 Å². The quantitative estimate of drug-likeness (QED) is 0.750. The van der Waals surface area contributed by atoms with E-state index < -0.39 is 0 Å². The largest absolute Gasteiger partial charge is 0.477 e. The Balaban J connectivity index is 2.01. The van der Waals surface area contributed by atoms with Crippen molar-refractivity contribution in [1.82, 2.24) is 9.97 Å². The summed E-state index contributed by atoms with van der Waals surface area (Å²) in [5, 5.41) is 0.318. The van der Waals surface area contributed by atoms with Crippen LogP contribution in [-0.2, 0) is 0 Å². The molecule has 0 atom stereocenters. The van der Waals surface area contributed by atoms with Crippen LogP contribution < -0.4 is 10.5 Å². The van der Waals surface area contributed by atoms with E-state index >= 15 is 0 Å². The van der Waals surface area contributed by atoms with Gasteiger partial charge in [-0.3, -0.25) is 0 Å². The number of hydrogen-bond acceptors (Lipinski definition) is 4. The summed E-state index contributed by atoms with van der Waals surface area (Å²) in [6.45, 7) is 0.701. The van der Waals surface area contributed by atoms with Crippen LogP contribution in [0, 0.1) is 5.92 Å². The molecule has 2 N–H and O–H groups in total. The van der Waals surface area contributed by atoms with Crippen molar-refractivity contribution in [3.05, 3.63) is 11.2 Å². The number of rotatable bonds is 3. The number of ether oxygens (including phenoxy) is 1. The van der Waals surface area contributed by atoms with Crippen LogP contribution >= 0.6 is 11.6 Å². The molecule has 4 nitrogen and oxygen atoms in total. The molecule has 0 bridgehead atoms. The Kier molecular flexibility index (Phi) is 2.22. The van der Waals surface area contributed by atoms with Gasteiger partial charge in [-0.2, -0.15) is 4.98 Å². The second-order valence-electron chi connectivity index (χ2n) is 3.14. The normalized spacial score (nSPS) is 15.8. The smallest absolute Gasteiger partial charge is 0.224 e. The van der Waals surface area contributed by atoms with Gasteiger partial charge in [0, 0.05) is 6.07 Å². The van der Waals surface area contributed by atoms with E-state index in [-0.39, 0.29) is 5.95 Å². The van der Waals surface area contributed by atoms with Gasteiger partial charge in [0.05, 0.1) is 6.61 Å². The van der Waals surface area contributed by atoms with Gasteiger partial charge >= 0.3 is 0 Å². The standard InChI is InChI=1S/C8H10ClN3O/c9-6-3-7(12-8(10)11-6)13-4-5-1-2-5/h3,5H,1-2,4H2,(H2,10,11,12). The van der Waals surface area contributed by atoms with Gasteiger partial charge in [0.1, 0.15) is 5.15 Å². The molecule has 70 valence electrons. The lowest BCUT2D eigenvalue weighted by Gasteiger charge is -2.04. The number of hydrogen-bond donors (Lipinski definition) is 1. The van der Waals surface area contributed by atoms with Crippen LogP contribution in [-0.4, -0.2) is 16.6 Å². The molecule has 2 rings (SSSR count). The van der Waals surface area contributed by atoms with E-state index in [0.29, 0.717) is 23.6 Å². The monoisotopic (exact) mass is 199 g/mol. The van der Waals surface area contributed by atoms with Crippen LogP contribution in [0.4, 0.5) is 5.95 Å². The second kappa shape index (κ2) is 3.38. The molecule has 1 aromatic rings. The Hall–Kier alpha value is -1.03. The third-order valence-electron chi connectivity index (χ3n) is 1.85. The van der Waals surface area contributed by atoms with Gasteiger partial charge in [-0.1, -0.05) is 11.6 Å². The molecule has 0 aromatic carbocycles. The van der Waals surface area contributed by atoms with Gasteiger partial charge < -0.3 is 10.5 Å². The van der Waals surface area contributed by atoms with Gasteiger partial charge in [0.2, 0.25) is 11.8 Å². The maximum atomic E-state index is 5.67. The van der Waals surface area contributed by atoms with Crippen LogP contribution in [0.2, 0.25) is 5.15 Å². The fourth-order valence-corrected chi connectivity index (χ4v) is 1.16. The zero-order valence-electron chi connectivity index (χ0n) is 7.03. The summed E-state index contributed by atoms with van der Waals surface area (Å²) in [6.07, 6.45) is 2.49. The Morgan fingerprint density at radius 3 is 2.92 bits per heavy atom. The van der Waals surface area contributed by atoms with Crippen molar-refractivity contribution in [3.63, 3.8) is 0 Å². The fourth-order valence-electron chi connectivity index (χ4n) is 0.975. The van der Waals surface area contributed by atoms with E-state index in [2.05, 4.69) is 9.97 Å². The number of aromatic nitrogens is 2. The number of anilines is 1. The molecule has 5 heteroatoms. The summed E-state index contributed by atoms with van der Waals surface area (Å²) in [6, 6.07) is 1.57. The van der Waals surface area contributed by atoms with Crippen molar-refractivity contribution >= 4 is 17.5 Å². The Labute approximate surface area is 81.1 Å². The van der Waals surface area contributed by atoms with Crippen molar-refractivity contribution in [2.75, 3.05) is 12.3 Å². The Bertz CT molecular complexity index is 294. The highest BCUT2D eigenvalue weighted by Crippen LogP contribution is 2.29. The maximum Gasteiger partial charge on any atom is 0.224 e. The maximum absolute atomic E-state index is 5.67. The molecule has 0 unspecified atom stereocenters. The first kappa shape index (κ1) is 8.56. The lowest BCUT2D eigenvalue weighted by atomic mass is 10.5. The molecule has 0 saturated heterocycles. The minimum absolute atomic E-state index is 0.151. The molecular formula is C8H10ClN3O. The number of nitrogens with zero attached hydrogens (tertiary/aromatic N) is 2. The summed E-state index contributed by atoms with van der Waals surface area (Å²) in [4.78, 5) is 7.62. The van der Waals surface area contributed by atoms with Crippen LogP contribution in [0.25, 0.3) is 0 Å². The molecule has 1 aliphatic carbocycles. The zero-order chi connectivity index (χ0) is 9.26. The molecule has 1 fully saturated rings. The topological polar surface area (TPSA) is 61.0 Å². The van der Waals surface area contributed by atoms with Crippen molar-refractivity contribution < 1.29 is 4.74 Å². The van der Waals surface area contributed by atoms with E-state index in [1.807, 2.05) is 0 Å². The molecule has 0 amide bonds. The van der Waals surface area contributed by atoms with Gasteiger partial charge in [0.15, 0.2) is 0 Å². The predicted molar refractivity (Wildman–Crippen MR) is 49.7 cm³/mol. The van der Waals surface area contributed by atoms with Crippen LogP contribution in [0.1, 0.15) is 12.8 Å². The van der Waals surface area contributed by atoms with E-state index in [0.717, 1.165) is 0 Å². The lowest BCUT2D eigenvalue weighted by Crippen LogP contribution is -2.03. The Morgan fingerprint density at radius 1 is 1.54 bits per heavy atom. The third-order valence-corrected chi connectivity index (χ3v) is 2.05. The third kappa shape index (κ3) is 2.45. The average Bonchev–Trinajstić information content (AvgIpc) is 2.81. The van der Waals surface area contributed by atoms with Gasteiger partial charge in [-0.15, -0.1) is 0 Å². The molecule has 1 aliphatic rings. The molecule has 0 radical (unpaired) electrons. The highest BCUT2D eigenvalue weighted by atomic mass is 35.5. The molecule has 1 heterocycles. The second-order valence-corrected chi connectivity index (χ2v) is 3.53. The Morgan fingerprint density at radius 2 is 2.31 bits per heavy atom. The summed E-state index contributed by atoms with van der Waals surface area (Å²) in [7, 11) is 0. The summed E-state index contributed by atoms with van der Waals surface area (Å²) in [5.74, 6) is 1.30. The van der Waals surface area contributed by atoms with Crippen LogP contribution in [0.15, 0.2) is 6.07 Å². The molecule has 0 aliphatic heterocycles. The summed E-state index contributed by atoms with van der Waals surface area (Å²) in [5.41, 5.74) is 5.39. The first-order valence-electron chi connectivity index (χ1n) is 4.17. The SMILES string of the molecule is Nc1nc(Cl)cc(OCC2CC2)n1. The average molecular weight is 200 g/mol. The first-order chi connectivity index (χ1) is 6.24. The fraction of sp³-hybridized carbons (Fsp3) is 0.500. The molecule has 0 spiro atoms. The van der Waals surface area contributed by atoms with E-state index in [1.165, 1.54) is 12.8 Å². The molecule has 13 heavy (non-hydrogen) atoms. The van der Waals surface area contributed by atoms with Gasteiger partial charge in [-0.25, -0.2) is 4.98 Å².